The second kappa shape index (κ2) is 10.7. The predicted octanol–water partition coefficient (Wildman–Crippen LogP) is 4.41. The van der Waals surface area contributed by atoms with Gasteiger partial charge in [-0.05, 0) is 47.9 Å². The van der Waals surface area contributed by atoms with Crippen LogP contribution in [0.25, 0.3) is 11.1 Å². The third-order valence-electron chi connectivity index (χ3n) is 6.89. The molecular weight excluding hydrogens is 432 g/mol. The first-order valence-electron chi connectivity index (χ1n) is 12.1. The van der Waals surface area contributed by atoms with Gasteiger partial charge in [-0.25, -0.2) is 9.59 Å². The van der Waals surface area contributed by atoms with Crippen LogP contribution in [0.15, 0.2) is 48.5 Å². The number of piperidine rings is 1. The molecule has 0 bridgehead atoms. The van der Waals surface area contributed by atoms with E-state index >= 15 is 0 Å². The Kier molecular flexibility index (Phi) is 7.50. The van der Waals surface area contributed by atoms with Crippen molar-refractivity contribution in [2.75, 3.05) is 19.7 Å². The van der Waals surface area contributed by atoms with E-state index in [1.807, 2.05) is 31.2 Å². The van der Waals surface area contributed by atoms with Gasteiger partial charge in [0.2, 0.25) is 5.91 Å². The largest absolute Gasteiger partial charge is 0.480 e. The lowest BCUT2D eigenvalue weighted by molar-refractivity contribution is -0.154. The number of likely N-dealkylation sites (tertiary alicyclic amines) is 1. The summed E-state index contributed by atoms with van der Waals surface area (Å²) in [6, 6.07) is 15.5. The maximum Gasteiger partial charge on any atom is 0.407 e. The smallest absolute Gasteiger partial charge is 0.407 e. The molecule has 1 aliphatic carbocycles. The molecule has 2 atom stereocenters. The van der Waals surface area contributed by atoms with Crippen LogP contribution in [0.5, 0.6) is 0 Å². The molecule has 2 amide bonds. The van der Waals surface area contributed by atoms with Gasteiger partial charge in [0, 0.05) is 19.0 Å². The fraction of sp³-hybridized carbons (Fsp3) is 0.444. The number of carboxylic acid groups (broad SMARTS) is 1. The third-order valence-corrected chi connectivity index (χ3v) is 6.89. The van der Waals surface area contributed by atoms with Crippen molar-refractivity contribution in [3.8, 4) is 11.1 Å². The van der Waals surface area contributed by atoms with Gasteiger partial charge < -0.3 is 20.1 Å². The summed E-state index contributed by atoms with van der Waals surface area (Å²) in [5, 5.41) is 12.3. The standard InChI is InChI=1S/C27H32N2O5/c1-2-9-18(25(30)29-15-8-7-14-24(29)26(31)32)16-28-27(33)34-17-23-21-12-5-3-10-19(21)20-11-4-6-13-22(20)23/h3-6,10-13,18,23-24H,2,7-9,14-17H2,1H3,(H,28,33)(H,31,32). The molecule has 0 saturated carbocycles. The van der Waals surface area contributed by atoms with Crippen LogP contribution in [0.4, 0.5) is 4.79 Å². The molecule has 0 spiro atoms. The topological polar surface area (TPSA) is 95.9 Å². The van der Waals surface area contributed by atoms with Gasteiger partial charge >= 0.3 is 12.1 Å². The summed E-state index contributed by atoms with van der Waals surface area (Å²) in [6.45, 7) is 2.76. The molecule has 1 saturated heterocycles. The number of fused-ring (bicyclic) bond motifs is 3. The summed E-state index contributed by atoms with van der Waals surface area (Å²) in [5.74, 6) is -1.66. The molecule has 2 aromatic carbocycles. The third kappa shape index (κ3) is 4.93. The van der Waals surface area contributed by atoms with Crippen molar-refractivity contribution in [3.63, 3.8) is 0 Å². The lowest BCUT2D eigenvalue weighted by atomic mass is 9.96. The number of alkyl carbamates (subject to hydrolysis) is 1. The monoisotopic (exact) mass is 464 g/mol. The van der Waals surface area contributed by atoms with Crippen LogP contribution < -0.4 is 5.32 Å². The second-order valence-corrected chi connectivity index (χ2v) is 9.07. The lowest BCUT2D eigenvalue weighted by Gasteiger charge is -2.35. The van der Waals surface area contributed by atoms with Gasteiger partial charge in [-0.2, -0.15) is 0 Å². The first kappa shape index (κ1) is 23.8. The van der Waals surface area contributed by atoms with Gasteiger partial charge in [0.15, 0.2) is 0 Å². The zero-order valence-corrected chi connectivity index (χ0v) is 19.5. The Morgan fingerprint density at radius 2 is 1.71 bits per heavy atom. The highest BCUT2D eigenvalue weighted by molar-refractivity contribution is 5.86. The molecule has 2 aromatic rings. The van der Waals surface area contributed by atoms with Gasteiger partial charge in [-0.1, -0.05) is 61.9 Å². The maximum absolute atomic E-state index is 13.1. The Morgan fingerprint density at radius 1 is 1.06 bits per heavy atom. The molecule has 0 aromatic heterocycles. The maximum atomic E-state index is 13.1. The Bertz CT molecular complexity index is 1010. The first-order valence-corrected chi connectivity index (χ1v) is 12.1. The number of hydrogen-bond acceptors (Lipinski definition) is 4. The van der Waals surface area contributed by atoms with Crippen molar-refractivity contribution in [2.24, 2.45) is 5.92 Å². The number of carbonyl (C=O) groups excluding carboxylic acids is 2. The minimum Gasteiger partial charge on any atom is -0.480 e. The molecule has 2 N–H and O–H groups in total. The highest BCUT2D eigenvalue weighted by atomic mass is 16.5. The van der Waals surface area contributed by atoms with Crippen LogP contribution in [0.1, 0.15) is 56.1 Å². The summed E-state index contributed by atoms with van der Waals surface area (Å²) in [4.78, 5) is 38.8. The van der Waals surface area contributed by atoms with E-state index in [9.17, 15) is 19.5 Å². The highest BCUT2D eigenvalue weighted by Crippen LogP contribution is 2.44. The number of hydrogen-bond donors (Lipinski definition) is 2. The minimum atomic E-state index is -0.965. The molecule has 34 heavy (non-hydrogen) atoms. The Hall–Kier alpha value is -3.35. The lowest BCUT2D eigenvalue weighted by Crippen LogP contribution is -2.51. The average Bonchev–Trinajstić information content (AvgIpc) is 3.18. The first-order chi connectivity index (χ1) is 16.5. The van der Waals surface area contributed by atoms with Crippen molar-refractivity contribution >= 4 is 18.0 Å². The van der Waals surface area contributed by atoms with Gasteiger partial charge in [-0.15, -0.1) is 0 Å². The second-order valence-electron chi connectivity index (χ2n) is 9.07. The molecule has 7 nitrogen and oxygen atoms in total. The molecule has 7 heteroatoms. The minimum absolute atomic E-state index is 0.0316. The number of aliphatic carboxylic acids is 1. The fourth-order valence-corrected chi connectivity index (χ4v) is 5.20. The number of ether oxygens (including phenoxy) is 1. The number of nitrogens with zero attached hydrogens (tertiary/aromatic N) is 1. The average molecular weight is 465 g/mol. The SMILES string of the molecule is CCCC(CNC(=O)OCC1c2ccccc2-c2ccccc21)C(=O)N1CCCCC1C(=O)O. The molecule has 2 unspecified atom stereocenters. The van der Waals surface area contributed by atoms with Crippen LogP contribution in [0.3, 0.4) is 0 Å². The summed E-state index contributed by atoms with van der Waals surface area (Å²) in [7, 11) is 0. The molecule has 1 heterocycles. The molecule has 0 radical (unpaired) electrons. The number of carbonyl (C=O) groups is 3. The van der Waals surface area contributed by atoms with E-state index in [0.29, 0.717) is 19.4 Å². The fourth-order valence-electron chi connectivity index (χ4n) is 5.20. The quantitative estimate of drug-likeness (QED) is 0.603. The summed E-state index contributed by atoms with van der Waals surface area (Å²) in [6.07, 6.45) is 2.84. The normalized spacial score (nSPS) is 18.0. The summed E-state index contributed by atoms with van der Waals surface area (Å²) >= 11 is 0. The van der Waals surface area contributed by atoms with Crippen molar-refractivity contribution in [2.45, 2.75) is 51.0 Å². The van der Waals surface area contributed by atoms with Crippen molar-refractivity contribution in [3.05, 3.63) is 59.7 Å². The Labute approximate surface area is 200 Å². The Morgan fingerprint density at radius 3 is 2.32 bits per heavy atom. The van der Waals surface area contributed by atoms with Crippen LogP contribution in [0.2, 0.25) is 0 Å². The molecule has 1 aliphatic heterocycles. The van der Waals surface area contributed by atoms with Gasteiger partial charge in [0.1, 0.15) is 12.6 Å². The molecule has 180 valence electrons. The summed E-state index contributed by atoms with van der Waals surface area (Å²) < 4.78 is 5.58. The van der Waals surface area contributed by atoms with E-state index in [4.69, 9.17) is 4.74 Å². The van der Waals surface area contributed by atoms with Gasteiger partial charge in [0.25, 0.3) is 0 Å². The van der Waals surface area contributed by atoms with Crippen LogP contribution in [-0.4, -0.2) is 53.7 Å². The van der Waals surface area contributed by atoms with E-state index in [1.54, 1.807) is 0 Å². The number of amides is 2. The van der Waals surface area contributed by atoms with Crippen LogP contribution >= 0.6 is 0 Å². The van der Waals surface area contributed by atoms with Crippen molar-refractivity contribution in [1.82, 2.24) is 10.2 Å². The van der Waals surface area contributed by atoms with Crippen LogP contribution in [0, 0.1) is 5.92 Å². The molecule has 1 fully saturated rings. The predicted molar refractivity (Wildman–Crippen MR) is 128 cm³/mol. The van der Waals surface area contributed by atoms with Gasteiger partial charge in [-0.3, -0.25) is 4.79 Å². The van der Waals surface area contributed by atoms with E-state index in [0.717, 1.165) is 41.5 Å². The van der Waals surface area contributed by atoms with Gasteiger partial charge in [0.05, 0.1) is 5.92 Å². The van der Waals surface area contributed by atoms with Crippen LogP contribution in [-0.2, 0) is 14.3 Å². The molecule has 2 aliphatic rings. The zero-order valence-electron chi connectivity index (χ0n) is 19.5. The molecule has 4 rings (SSSR count). The summed E-state index contributed by atoms with van der Waals surface area (Å²) in [5.41, 5.74) is 4.60. The zero-order chi connectivity index (χ0) is 24.1. The number of rotatable bonds is 8. The highest BCUT2D eigenvalue weighted by Gasteiger charge is 2.35. The molecular formula is C27H32N2O5. The number of carboxylic acids is 1. The Balaban J connectivity index is 1.36. The van der Waals surface area contributed by atoms with E-state index in [-0.39, 0.29) is 25.0 Å². The van der Waals surface area contributed by atoms with Crippen molar-refractivity contribution in [1.29, 1.82) is 0 Å². The van der Waals surface area contributed by atoms with E-state index in [1.165, 1.54) is 4.90 Å². The number of nitrogens with one attached hydrogen (secondary N) is 1. The number of benzene rings is 2. The van der Waals surface area contributed by atoms with E-state index < -0.39 is 24.0 Å². The van der Waals surface area contributed by atoms with E-state index in [2.05, 4.69) is 29.6 Å². The van der Waals surface area contributed by atoms with Crippen molar-refractivity contribution < 1.29 is 24.2 Å².